The van der Waals surface area contributed by atoms with Crippen LogP contribution in [0.4, 0.5) is 0 Å². The van der Waals surface area contributed by atoms with Crippen molar-refractivity contribution in [1.29, 1.82) is 0 Å². The van der Waals surface area contributed by atoms with Crippen LogP contribution in [0.1, 0.15) is 65.2 Å². The van der Waals surface area contributed by atoms with Gasteiger partial charge in [0.05, 0.1) is 13.2 Å². The number of carbonyl (C=O) groups is 2. The van der Waals surface area contributed by atoms with Gasteiger partial charge < -0.3 is 9.47 Å². The van der Waals surface area contributed by atoms with E-state index < -0.39 is 0 Å². The molecule has 0 fully saturated rings. The molecule has 0 amide bonds. The van der Waals surface area contributed by atoms with Crippen molar-refractivity contribution in [1.82, 2.24) is 0 Å². The van der Waals surface area contributed by atoms with Gasteiger partial charge in [-0.05, 0) is 25.7 Å². The normalized spacial score (nSPS) is 9.58. The Kier molecular flexibility index (Phi) is 17.5. The Bertz CT molecular complexity index is 207. The molecule has 0 aliphatic heterocycles. The Morgan fingerprint density at radius 1 is 0.737 bits per heavy atom. The van der Waals surface area contributed by atoms with Gasteiger partial charge in [-0.15, -0.1) is 0 Å². The molecule has 0 aromatic carbocycles. The van der Waals surface area contributed by atoms with E-state index in [2.05, 4.69) is 13.8 Å². The molecule has 0 heterocycles. The van der Waals surface area contributed by atoms with Crippen LogP contribution in [-0.4, -0.2) is 49.1 Å². The summed E-state index contributed by atoms with van der Waals surface area (Å²) in [6, 6.07) is 0. The van der Waals surface area contributed by atoms with Crippen LogP contribution in [0.15, 0.2) is 0 Å². The average molecular weight is 379 g/mol. The molecule has 4 nitrogen and oxygen atoms in total. The SMILES string of the molecule is CCCCOC(=O)CCCCC(=O)OCCCC.[SnH2]. The predicted octanol–water partition coefficient (Wildman–Crippen LogP) is 2.32. The molecular weight excluding hydrogens is 351 g/mol. The fourth-order valence-corrected chi connectivity index (χ4v) is 1.34. The Morgan fingerprint density at radius 3 is 1.42 bits per heavy atom. The van der Waals surface area contributed by atoms with Crippen LogP contribution >= 0.6 is 0 Å². The van der Waals surface area contributed by atoms with Gasteiger partial charge >= 0.3 is 35.8 Å². The number of unbranched alkanes of at least 4 members (excludes halogenated alkanes) is 3. The zero-order valence-corrected chi connectivity index (χ0v) is 16.4. The number of rotatable bonds is 11. The van der Waals surface area contributed by atoms with Crippen LogP contribution in [0.25, 0.3) is 0 Å². The molecule has 0 unspecified atom stereocenters. The Morgan fingerprint density at radius 2 is 1.11 bits per heavy atom. The topological polar surface area (TPSA) is 52.6 Å². The molecule has 0 bridgehead atoms. The van der Waals surface area contributed by atoms with Gasteiger partial charge in [-0.25, -0.2) is 0 Å². The second kappa shape index (κ2) is 15.8. The number of esters is 2. The standard InChI is InChI=1S/C14H26O4.Sn.2H/c1-3-5-11-17-13(15)9-7-8-10-14(16)18-12-6-4-2;;;/h3-12H2,1-2H3;;;. The van der Waals surface area contributed by atoms with Gasteiger partial charge in [0.15, 0.2) is 0 Å². The second-order valence-corrected chi connectivity index (χ2v) is 4.36. The maximum atomic E-state index is 11.2. The summed E-state index contributed by atoms with van der Waals surface area (Å²) in [5.74, 6) is -0.328. The van der Waals surface area contributed by atoms with Crippen molar-refractivity contribution in [3.05, 3.63) is 0 Å². The molecule has 0 aromatic rings. The first-order valence-corrected chi connectivity index (χ1v) is 7.02. The molecule has 0 atom stereocenters. The third kappa shape index (κ3) is 15.7. The summed E-state index contributed by atoms with van der Waals surface area (Å²) in [5, 5.41) is 0. The zero-order valence-electron chi connectivity index (χ0n) is 12.4. The fourth-order valence-electron chi connectivity index (χ4n) is 1.34. The molecule has 19 heavy (non-hydrogen) atoms. The van der Waals surface area contributed by atoms with Crippen molar-refractivity contribution in [2.45, 2.75) is 65.2 Å². The number of ether oxygens (including phenoxy) is 2. The maximum absolute atomic E-state index is 11.2. The molecule has 0 aliphatic carbocycles. The van der Waals surface area contributed by atoms with Crippen LogP contribution in [-0.2, 0) is 19.1 Å². The van der Waals surface area contributed by atoms with Gasteiger partial charge in [0.1, 0.15) is 0 Å². The summed E-state index contributed by atoms with van der Waals surface area (Å²) in [7, 11) is 0. The molecule has 0 spiro atoms. The minimum atomic E-state index is -0.164. The van der Waals surface area contributed by atoms with Crippen molar-refractivity contribution in [2.75, 3.05) is 13.2 Å². The molecule has 0 N–H and O–H groups in total. The van der Waals surface area contributed by atoms with E-state index in [-0.39, 0.29) is 35.8 Å². The van der Waals surface area contributed by atoms with E-state index in [0.29, 0.717) is 38.9 Å². The summed E-state index contributed by atoms with van der Waals surface area (Å²) in [6.07, 6.45) is 6.04. The van der Waals surface area contributed by atoms with E-state index >= 15 is 0 Å². The van der Waals surface area contributed by atoms with E-state index in [9.17, 15) is 9.59 Å². The quantitative estimate of drug-likeness (QED) is 0.314. The van der Waals surface area contributed by atoms with Gasteiger partial charge in [-0.1, -0.05) is 26.7 Å². The first-order chi connectivity index (χ1) is 8.70. The van der Waals surface area contributed by atoms with Crippen LogP contribution in [0.3, 0.4) is 0 Å². The molecular formula is C14H28O4Sn. The van der Waals surface area contributed by atoms with Gasteiger partial charge in [-0.2, -0.15) is 0 Å². The number of hydrogen-bond donors (Lipinski definition) is 0. The predicted molar refractivity (Wildman–Crippen MR) is 78.7 cm³/mol. The Labute approximate surface area is 133 Å². The van der Waals surface area contributed by atoms with E-state index in [4.69, 9.17) is 9.47 Å². The monoisotopic (exact) mass is 380 g/mol. The van der Waals surface area contributed by atoms with Gasteiger partial charge in [0.25, 0.3) is 0 Å². The number of carbonyl (C=O) groups excluding carboxylic acids is 2. The first kappa shape index (κ1) is 21.0. The Balaban J connectivity index is 0. The third-order valence-corrected chi connectivity index (χ3v) is 2.53. The molecule has 0 saturated carbocycles. The van der Waals surface area contributed by atoms with Crippen LogP contribution in [0, 0.1) is 0 Å². The van der Waals surface area contributed by atoms with E-state index in [1.807, 2.05) is 0 Å². The van der Waals surface area contributed by atoms with Gasteiger partial charge in [0.2, 0.25) is 0 Å². The van der Waals surface area contributed by atoms with E-state index in [1.54, 1.807) is 0 Å². The summed E-state index contributed by atoms with van der Waals surface area (Å²) in [4.78, 5) is 22.5. The first-order valence-electron chi connectivity index (χ1n) is 7.02. The van der Waals surface area contributed by atoms with E-state index in [1.165, 1.54) is 0 Å². The van der Waals surface area contributed by atoms with Gasteiger partial charge in [0, 0.05) is 12.8 Å². The van der Waals surface area contributed by atoms with Crippen molar-refractivity contribution in [2.24, 2.45) is 0 Å². The van der Waals surface area contributed by atoms with Crippen molar-refractivity contribution in [3.8, 4) is 0 Å². The summed E-state index contributed by atoms with van der Waals surface area (Å²) >= 11 is 0. The van der Waals surface area contributed by atoms with Crippen molar-refractivity contribution < 1.29 is 19.1 Å². The van der Waals surface area contributed by atoms with Crippen LogP contribution < -0.4 is 0 Å². The molecule has 5 heteroatoms. The Hall–Kier alpha value is -0.261. The van der Waals surface area contributed by atoms with Crippen molar-refractivity contribution >= 4 is 35.8 Å². The van der Waals surface area contributed by atoms with Gasteiger partial charge in [-0.3, -0.25) is 9.59 Å². The molecule has 0 saturated heterocycles. The van der Waals surface area contributed by atoms with Crippen LogP contribution in [0.2, 0.25) is 0 Å². The van der Waals surface area contributed by atoms with Crippen LogP contribution in [0.5, 0.6) is 0 Å². The minimum absolute atomic E-state index is 0. The molecule has 112 valence electrons. The fraction of sp³-hybridized carbons (Fsp3) is 0.857. The molecule has 0 rings (SSSR count). The summed E-state index contributed by atoms with van der Waals surface area (Å²) in [5.41, 5.74) is 0. The third-order valence-electron chi connectivity index (χ3n) is 2.53. The summed E-state index contributed by atoms with van der Waals surface area (Å²) < 4.78 is 10.0. The zero-order chi connectivity index (χ0) is 13.6. The second-order valence-electron chi connectivity index (χ2n) is 4.36. The van der Waals surface area contributed by atoms with Crippen molar-refractivity contribution in [3.63, 3.8) is 0 Å². The molecule has 0 aliphatic rings. The number of hydrogen-bond acceptors (Lipinski definition) is 4. The molecule has 0 aromatic heterocycles. The summed E-state index contributed by atoms with van der Waals surface area (Å²) in [6.45, 7) is 5.12. The average Bonchev–Trinajstić information content (AvgIpc) is 2.35. The molecule has 2 radical (unpaired) electrons. The van der Waals surface area contributed by atoms with E-state index in [0.717, 1.165) is 25.7 Å².